The zero-order valence-electron chi connectivity index (χ0n) is 22.6. The summed E-state index contributed by atoms with van der Waals surface area (Å²) in [5.74, 6) is -1.50. The molecular formula is C33H37F2NO3. The van der Waals surface area contributed by atoms with E-state index in [0.717, 1.165) is 22.3 Å². The Labute approximate surface area is 230 Å². The summed E-state index contributed by atoms with van der Waals surface area (Å²) < 4.78 is 33.8. The van der Waals surface area contributed by atoms with Crippen LogP contribution in [0, 0.1) is 18.6 Å². The molecule has 3 aromatic carbocycles. The van der Waals surface area contributed by atoms with Crippen molar-refractivity contribution in [2.45, 2.75) is 63.4 Å². The standard InChI is InChI=1S/C33H35F2NO3.H2/c1-22-3-5-24(6-4-22)7-14-31(37)29(25-8-10-26(34)11-9-25)15-18-36-19-16-33(17-20-36)30-21-27(35)12-13-28(30)23(2)32(38)39-33;/h3-6,8-13,21,23,29H,7,14-20H2,1-2H3;1H. The van der Waals surface area contributed by atoms with Crippen LogP contribution in [0.4, 0.5) is 8.78 Å². The molecule has 0 aromatic heterocycles. The van der Waals surface area contributed by atoms with Crippen LogP contribution in [0.15, 0.2) is 66.7 Å². The smallest absolute Gasteiger partial charge is 0.314 e. The van der Waals surface area contributed by atoms with E-state index >= 15 is 0 Å². The predicted molar refractivity (Wildman–Crippen MR) is 149 cm³/mol. The van der Waals surface area contributed by atoms with Crippen molar-refractivity contribution < 1.29 is 24.5 Å². The summed E-state index contributed by atoms with van der Waals surface area (Å²) in [6.07, 6.45) is 2.86. The van der Waals surface area contributed by atoms with Crippen LogP contribution in [0.2, 0.25) is 0 Å². The van der Waals surface area contributed by atoms with Gasteiger partial charge in [-0.05, 0) is 74.2 Å². The number of hydrogen-bond acceptors (Lipinski definition) is 4. The Morgan fingerprint density at radius 2 is 1.69 bits per heavy atom. The summed E-state index contributed by atoms with van der Waals surface area (Å²) in [7, 11) is 0. The van der Waals surface area contributed by atoms with Crippen molar-refractivity contribution in [2.75, 3.05) is 19.6 Å². The second-order valence-corrected chi connectivity index (χ2v) is 11.1. The minimum absolute atomic E-state index is 0. The number of nitrogens with zero attached hydrogens (tertiary/aromatic N) is 1. The molecule has 2 unspecified atom stereocenters. The number of benzene rings is 3. The third-order valence-corrected chi connectivity index (χ3v) is 8.46. The summed E-state index contributed by atoms with van der Waals surface area (Å²) in [6.45, 7) is 5.87. The average molecular weight is 534 g/mol. The fourth-order valence-corrected chi connectivity index (χ4v) is 5.99. The van der Waals surface area contributed by atoms with Crippen molar-refractivity contribution in [3.8, 4) is 0 Å². The number of carbonyl (C=O) groups is 2. The van der Waals surface area contributed by atoms with Crippen LogP contribution in [0.25, 0.3) is 0 Å². The minimum atomic E-state index is -0.808. The van der Waals surface area contributed by atoms with Gasteiger partial charge in [0, 0.05) is 45.3 Å². The number of fused-ring (bicyclic) bond motifs is 2. The van der Waals surface area contributed by atoms with Gasteiger partial charge in [-0.2, -0.15) is 0 Å². The highest BCUT2D eigenvalue weighted by atomic mass is 19.1. The molecule has 2 aliphatic rings. The first kappa shape index (κ1) is 27.2. The summed E-state index contributed by atoms with van der Waals surface area (Å²) in [5.41, 5.74) is 3.96. The lowest BCUT2D eigenvalue weighted by Crippen LogP contribution is -2.48. The van der Waals surface area contributed by atoms with Crippen LogP contribution in [-0.4, -0.2) is 36.3 Å². The van der Waals surface area contributed by atoms with Gasteiger partial charge in [0.2, 0.25) is 0 Å². The quantitative estimate of drug-likeness (QED) is 0.297. The number of aryl methyl sites for hydroxylation is 2. The lowest BCUT2D eigenvalue weighted by molar-refractivity contribution is -0.172. The molecule has 1 spiro atoms. The van der Waals surface area contributed by atoms with E-state index in [-0.39, 0.29) is 30.7 Å². The van der Waals surface area contributed by atoms with Crippen molar-refractivity contribution in [3.63, 3.8) is 0 Å². The molecule has 0 N–H and O–H groups in total. The molecule has 5 rings (SSSR count). The number of piperidine rings is 1. The van der Waals surface area contributed by atoms with Gasteiger partial charge in [0.05, 0.1) is 5.92 Å². The van der Waals surface area contributed by atoms with Crippen molar-refractivity contribution in [3.05, 3.63) is 106 Å². The molecule has 2 atom stereocenters. The van der Waals surface area contributed by atoms with Crippen molar-refractivity contribution in [1.82, 2.24) is 4.90 Å². The van der Waals surface area contributed by atoms with Crippen LogP contribution in [0.3, 0.4) is 0 Å². The molecule has 1 saturated heterocycles. The van der Waals surface area contributed by atoms with Crippen LogP contribution >= 0.6 is 0 Å². The van der Waals surface area contributed by atoms with Gasteiger partial charge in [0.15, 0.2) is 0 Å². The summed E-state index contributed by atoms with van der Waals surface area (Å²) in [6, 6.07) is 19.1. The third-order valence-electron chi connectivity index (χ3n) is 8.46. The molecule has 0 saturated carbocycles. The van der Waals surface area contributed by atoms with Crippen LogP contribution in [0.5, 0.6) is 0 Å². The minimum Gasteiger partial charge on any atom is -0.454 e. The monoisotopic (exact) mass is 533 g/mol. The van der Waals surface area contributed by atoms with E-state index < -0.39 is 11.5 Å². The largest absolute Gasteiger partial charge is 0.454 e. The number of Topliss-reactive ketones (excluding diaryl/α,β-unsaturated/α-hetero) is 1. The lowest BCUT2D eigenvalue weighted by Gasteiger charge is -2.45. The van der Waals surface area contributed by atoms with E-state index in [2.05, 4.69) is 29.2 Å². The maximum absolute atomic E-state index is 14.2. The van der Waals surface area contributed by atoms with E-state index in [1.54, 1.807) is 25.1 Å². The molecule has 6 heteroatoms. The number of rotatable bonds is 8. The van der Waals surface area contributed by atoms with Crippen molar-refractivity contribution >= 4 is 11.8 Å². The Morgan fingerprint density at radius 1 is 1.03 bits per heavy atom. The Morgan fingerprint density at radius 3 is 2.38 bits per heavy atom. The molecule has 2 heterocycles. The molecule has 4 nitrogen and oxygen atoms in total. The van der Waals surface area contributed by atoms with E-state index in [1.807, 2.05) is 6.92 Å². The van der Waals surface area contributed by atoms with E-state index in [1.165, 1.54) is 29.8 Å². The van der Waals surface area contributed by atoms with Crippen LogP contribution in [0.1, 0.15) is 73.7 Å². The summed E-state index contributed by atoms with van der Waals surface area (Å²) in [5, 5.41) is 0. The zero-order valence-corrected chi connectivity index (χ0v) is 22.6. The van der Waals surface area contributed by atoms with E-state index in [9.17, 15) is 18.4 Å². The Balaban J connectivity index is 0.00000370. The van der Waals surface area contributed by atoms with Gasteiger partial charge in [-0.25, -0.2) is 8.78 Å². The first-order valence-corrected chi connectivity index (χ1v) is 13.8. The topological polar surface area (TPSA) is 46.6 Å². The molecule has 1 fully saturated rings. The van der Waals surface area contributed by atoms with Gasteiger partial charge >= 0.3 is 5.97 Å². The number of carbonyl (C=O) groups excluding carboxylic acids is 2. The number of likely N-dealkylation sites (tertiary alicyclic amines) is 1. The van der Waals surface area contributed by atoms with Crippen molar-refractivity contribution in [2.24, 2.45) is 0 Å². The Hall–Kier alpha value is -3.38. The van der Waals surface area contributed by atoms with Gasteiger partial charge in [-0.1, -0.05) is 48.0 Å². The van der Waals surface area contributed by atoms with E-state index in [0.29, 0.717) is 51.7 Å². The van der Waals surface area contributed by atoms with Crippen molar-refractivity contribution in [1.29, 1.82) is 0 Å². The molecule has 206 valence electrons. The first-order chi connectivity index (χ1) is 18.7. The highest BCUT2D eigenvalue weighted by Gasteiger charge is 2.46. The maximum Gasteiger partial charge on any atom is 0.314 e. The molecule has 0 radical (unpaired) electrons. The molecule has 0 amide bonds. The molecule has 3 aromatic rings. The van der Waals surface area contributed by atoms with Gasteiger partial charge in [-0.15, -0.1) is 0 Å². The summed E-state index contributed by atoms with van der Waals surface area (Å²) >= 11 is 0. The zero-order chi connectivity index (χ0) is 27.6. The predicted octanol–water partition coefficient (Wildman–Crippen LogP) is 6.85. The molecular weight excluding hydrogens is 496 g/mol. The van der Waals surface area contributed by atoms with Crippen LogP contribution < -0.4 is 0 Å². The summed E-state index contributed by atoms with van der Waals surface area (Å²) in [4.78, 5) is 28.3. The number of halogens is 2. The highest BCUT2D eigenvalue weighted by Crippen LogP contribution is 2.45. The number of esters is 1. The fraction of sp³-hybridized carbons (Fsp3) is 0.394. The maximum atomic E-state index is 14.2. The van der Waals surface area contributed by atoms with Gasteiger partial charge in [0.1, 0.15) is 23.0 Å². The SMILES string of the molecule is Cc1ccc(CCC(=O)C(CCN2CCC3(CC2)OC(=O)C(C)c2ccc(F)cc23)c2ccc(F)cc2)cc1.[HH]. The second-order valence-electron chi connectivity index (χ2n) is 11.1. The van der Waals surface area contributed by atoms with Gasteiger partial charge in [0.25, 0.3) is 0 Å². The molecule has 39 heavy (non-hydrogen) atoms. The number of ketones is 1. The third kappa shape index (κ3) is 5.96. The number of ether oxygens (including phenoxy) is 1. The Kier molecular flexibility index (Phi) is 7.94. The van der Waals surface area contributed by atoms with E-state index in [4.69, 9.17) is 4.74 Å². The average Bonchev–Trinajstić information content (AvgIpc) is 2.93. The second kappa shape index (κ2) is 11.4. The van der Waals surface area contributed by atoms with Crippen LogP contribution in [-0.2, 0) is 26.3 Å². The lowest BCUT2D eigenvalue weighted by atomic mass is 9.76. The van der Waals surface area contributed by atoms with Gasteiger partial charge < -0.3 is 9.64 Å². The first-order valence-electron chi connectivity index (χ1n) is 13.8. The Bertz CT molecular complexity index is 1330. The number of hydrogen-bond donors (Lipinski definition) is 0. The highest BCUT2D eigenvalue weighted by molar-refractivity contribution is 5.86. The fourth-order valence-electron chi connectivity index (χ4n) is 5.99. The molecule has 2 aliphatic heterocycles. The normalized spacial score (nSPS) is 19.4. The molecule has 0 bridgehead atoms. The molecule has 0 aliphatic carbocycles. The van der Waals surface area contributed by atoms with Gasteiger partial charge in [-0.3, -0.25) is 9.59 Å².